The zero-order chi connectivity index (χ0) is 20.1. The van der Waals surface area contributed by atoms with Crippen molar-refractivity contribution in [2.75, 3.05) is 13.7 Å². The van der Waals surface area contributed by atoms with Crippen LogP contribution in [0.5, 0.6) is 0 Å². The lowest BCUT2D eigenvalue weighted by molar-refractivity contribution is 0.0937. The van der Waals surface area contributed by atoms with Gasteiger partial charge in [-0.25, -0.2) is 4.68 Å². The molecule has 1 aromatic carbocycles. The third kappa shape index (κ3) is 4.32. The van der Waals surface area contributed by atoms with Crippen molar-refractivity contribution in [3.8, 4) is 11.3 Å². The highest BCUT2D eigenvalue weighted by Gasteiger charge is 2.17. The van der Waals surface area contributed by atoms with Crippen LogP contribution in [-0.4, -0.2) is 44.2 Å². The molecule has 0 aliphatic heterocycles. The van der Waals surface area contributed by atoms with Gasteiger partial charge >= 0.3 is 0 Å². The molecular weight excluding hydrogens is 360 g/mol. The summed E-state index contributed by atoms with van der Waals surface area (Å²) >= 11 is 0. The summed E-state index contributed by atoms with van der Waals surface area (Å²) in [5, 5.41) is 15.2. The molecule has 9 heteroatoms. The topological polar surface area (TPSA) is 104 Å². The predicted molar refractivity (Wildman–Crippen MR) is 103 cm³/mol. The molecule has 1 unspecified atom stereocenters. The van der Waals surface area contributed by atoms with E-state index in [2.05, 4.69) is 20.6 Å². The summed E-state index contributed by atoms with van der Waals surface area (Å²) in [6, 6.07) is 9.85. The largest absolute Gasteiger partial charge is 0.383 e. The zero-order valence-corrected chi connectivity index (χ0v) is 16.0. The van der Waals surface area contributed by atoms with Crippen LogP contribution in [0.15, 0.2) is 47.5 Å². The standard InChI is InChI=1S/C19H22N6O3/c1-13(18-22-20-12-25(18)9-10-28-3)21-19(27)15-6-4-5-14(11-15)16-7-8-17(26)24(2)23-16/h4-8,11-13H,9-10H2,1-3H3,(H,21,27). The number of nitrogens with one attached hydrogen (secondary N) is 1. The third-order valence-electron chi connectivity index (χ3n) is 4.30. The summed E-state index contributed by atoms with van der Waals surface area (Å²) in [4.78, 5) is 24.2. The number of ether oxygens (including phenoxy) is 1. The maximum Gasteiger partial charge on any atom is 0.266 e. The normalized spacial score (nSPS) is 12.0. The van der Waals surface area contributed by atoms with E-state index in [4.69, 9.17) is 4.74 Å². The average molecular weight is 382 g/mol. The maximum atomic E-state index is 12.7. The number of methoxy groups -OCH3 is 1. The van der Waals surface area contributed by atoms with Gasteiger partial charge in [0.1, 0.15) is 6.33 Å². The Morgan fingerprint density at radius 1 is 1.29 bits per heavy atom. The number of aromatic nitrogens is 5. The lowest BCUT2D eigenvalue weighted by Crippen LogP contribution is -2.29. The van der Waals surface area contributed by atoms with Crippen LogP contribution in [0.3, 0.4) is 0 Å². The molecule has 0 aliphatic carbocycles. The number of carbonyl (C=O) groups is 1. The molecule has 0 fully saturated rings. The van der Waals surface area contributed by atoms with E-state index in [9.17, 15) is 9.59 Å². The van der Waals surface area contributed by atoms with Crippen molar-refractivity contribution < 1.29 is 9.53 Å². The molecule has 146 valence electrons. The van der Waals surface area contributed by atoms with Crippen molar-refractivity contribution in [2.45, 2.75) is 19.5 Å². The van der Waals surface area contributed by atoms with Gasteiger partial charge in [0.05, 0.1) is 18.3 Å². The number of amides is 1. The first-order valence-electron chi connectivity index (χ1n) is 8.82. The summed E-state index contributed by atoms with van der Waals surface area (Å²) in [5.74, 6) is 0.418. The number of hydrogen-bond donors (Lipinski definition) is 1. The fourth-order valence-corrected chi connectivity index (χ4v) is 2.78. The molecule has 1 N–H and O–H groups in total. The van der Waals surface area contributed by atoms with Gasteiger partial charge in [0.2, 0.25) is 0 Å². The lowest BCUT2D eigenvalue weighted by Gasteiger charge is -2.15. The minimum Gasteiger partial charge on any atom is -0.383 e. The summed E-state index contributed by atoms with van der Waals surface area (Å²) in [6.07, 6.45) is 1.61. The number of aryl methyl sites for hydroxylation is 1. The van der Waals surface area contributed by atoms with Crippen molar-refractivity contribution >= 4 is 5.91 Å². The lowest BCUT2D eigenvalue weighted by atomic mass is 10.1. The summed E-state index contributed by atoms with van der Waals surface area (Å²) < 4.78 is 8.19. The van der Waals surface area contributed by atoms with Crippen LogP contribution in [0.1, 0.15) is 29.1 Å². The first-order chi connectivity index (χ1) is 13.5. The van der Waals surface area contributed by atoms with Crippen molar-refractivity contribution in [3.05, 3.63) is 64.5 Å². The van der Waals surface area contributed by atoms with E-state index < -0.39 is 0 Å². The molecule has 1 atom stereocenters. The molecule has 0 saturated heterocycles. The van der Waals surface area contributed by atoms with E-state index in [0.717, 1.165) is 5.56 Å². The SMILES string of the molecule is COCCn1cnnc1C(C)NC(=O)c1cccc(-c2ccc(=O)n(C)n2)c1. The summed E-state index contributed by atoms with van der Waals surface area (Å²) in [6.45, 7) is 2.98. The van der Waals surface area contributed by atoms with E-state index in [1.807, 2.05) is 17.6 Å². The summed E-state index contributed by atoms with van der Waals surface area (Å²) in [7, 11) is 3.21. The van der Waals surface area contributed by atoms with Crippen LogP contribution in [0.2, 0.25) is 0 Å². The highest BCUT2D eigenvalue weighted by molar-refractivity contribution is 5.95. The molecule has 0 aliphatic rings. The highest BCUT2D eigenvalue weighted by Crippen LogP contribution is 2.18. The first kappa shape index (κ1) is 19.4. The first-order valence-corrected chi connectivity index (χ1v) is 8.82. The number of carbonyl (C=O) groups excluding carboxylic acids is 1. The van der Waals surface area contributed by atoms with Gasteiger partial charge in [-0.1, -0.05) is 12.1 Å². The Morgan fingerprint density at radius 3 is 2.86 bits per heavy atom. The molecule has 0 saturated carbocycles. The average Bonchev–Trinajstić information content (AvgIpc) is 3.17. The molecule has 0 spiro atoms. The van der Waals surface area contributed by atoms with Crippen molar-refractivity contribution in [1.82, 2.24) is 29.9 Å². The van der Waals surface area contributed by atoms with Gasteiger partial charge in [-0.2, -0.15) is 5.10 Å². The monoisotopic (exact) mass is 382 g/mol. The van der Waals surface area contributed by atoms with Crippen LogP contribution in [0.4, 0.5) is 0 Å². The molecule has 2 heterocycles. The van der Waals surface area contributed by atoms with Crippen molar-refractivity contribution in [2.24, 2.45) is 7.05 Å². The second-order valence-electron chi connectivity index (χ2n) is 6.33. The number of nitrogens with zero attached hydrogens (tertiary/aromatic N) is 5. The Balaban J connectivity index is 1.77. The Bertz CT molecular complexity index is 1030. The minimum atomic E-state index is -0.328. The molecule has 3 aromatic rings. The molecule has 28 heavy (non-hydrogen) atoms. The van der Waals surface area contributed by atoms with Crippen LogP contribution >= 0.6 is 0 Å². The molecule has 2 aromatic heterocycles. The van der Waals surface area contributed by atoms with E-state index in [1.165, 1.54) is 10.7 Å². The fourth-order valence-electron chi connectivity index (χ4n) is 2.78. The van der Waals surface area contributed by atoms with Gasteiger partial charge in [-0.05, 0) is 25.1 Å². The zero-order valence-electron chi connectivity index (χ0n) is 16.0. The third-order valence-corrected chi connectivity index (χ3v) is 4.30. The van der Waals surface area contributed by atoms with Gasteiger partial charge < -0.3 is 14.6 Å². The Labute approximate surface area is 162 Å². The predicted octanol–water partition coefficient (Wildman–Crippen LogP) is 1.18. The molecule has 0 radical (unpaired) electrons. The van der Waals surface area contributed by atoms with Gasteiger partial charge in [-0.15, -0.1) is 10.2 Å². The summed E-state index contributed by atoms with van der Waals surface area (Å²) in [5.41, 5.74) is 1.66. The second kappa shape index (κ2) is 8.57. The van der Waals surface area contributed by atoms with Crippen molar-refractivity contribution in [3.63, 3.8) is 0 Å². The smallest absolute Gasteiger partial charge is 0.266 e. The van der Waals surface area contributed by atoms with Crippen molar-refractivity contribution in [1.29, 1.82) is 0 Å². The number of rotatable bonds is 7. The Kier molecular flexibility index (Phi) is 5.95. The number of benzene rings is 1. The Hall–Kier alpha value is -3.33. The van der Waals surface area contributed by atoms with Gasteiger partial charge in [0.25, 0.3) is 11.5 Å². The van der Waals surface area contributed by atoms with Gasteiger partial charge in [-0.3, -0.25) is 9.59 Å². The Morgan fingerprint density at radius 2 is 2.11 bits per heavy atom. The molecule has 3 rings (SSSR count). The molecule has 9 nitrogen and oxygen atoms in total. The second-order valence-corrected chi connectivity index (χ2v) is 6.33. The van der Waals surface area contributed by atoms with E-state index in [0.29, 0.717) is 30.2 Å². The molecular formula is C19H22N6O3. The van der Waals surface area contributed by atoms with Crippen LogP contribution in [-0.2, 0) is 18.3 Å². The van der Waals surface area contributed by atoms with Crippen LogP contribution in [0.25, 0.3) is 11.3 Å². The van der Waals surface area contributed by atoms with E-state index >= 15 is 0 Å². The highest BCUT2D eigenvalue weighted by atomic mass is 16.5. The fraction of sp³-hybridized carbons (Fsp3) is 0.316. The minimum absolute atomic E-state index is 0.191. The van der Waals surface area contributed by atoms with Crippen LogP contribution < -0.4 is 10.9 Å². The molecule has 0 bridgehead atoms. The van der Waals surface area contributed by atoms with E-state index in [1.54, 1.807) is 44.8 Å². The quantitative estimate of drug-likeness (QED) is 0.658. The number of hydrogen-bond acceptors (Lipinski definition) is 6. The van der Waals surface area contributed by atoms with Crippen LogP contribution in [0, 0.1) is 0 Å². The van der Waals surface area contributed by atoms with Gasteiger partial charge in [0, 0.05) is 37.9 Å². The van der Waals surface area contributed by atoms with Gasteiger partial charge in [0.15, 0.2) is 5.82 Å². The van der Waals surface area contributed by atoms with E-state index in [-0.39, 0.29) is 17.5 Å². The molecule has 1 amide bonds. The maximum absolute atomic E-state index is 12.7.